The Morgan fingerprint density at radius 1 is 1.33 bits per heavy atom. The Hall–Kier alpha value is -0.600. The first-order valence-corrected chi connectivity index (χ1v) is 3.85. The number of anilines is 1. The van der Waals surface area contributed by atoms with Gasteiger partial charge in [0.15, 0.2) is 0 Å². The Balaban J connectivity index is 3.23. The van der Waals surface area contributed by atoms with Gasteiger partial charge in [0, 0.05) is 0 Å². The monoisotopic (exact) mass is 289 g/mol. The van der Waals surface area contributed by atoms with Crippen molar-refractivity contribution in [3.05, 3.63) is 15.3 Å². The fourth-order valence-corrected chi connectivity index (χ4v) is 1.16. The maximum absolute atomic E-state index is 12.1. The molecule has 0 fully saturated rings. The summed E-state index contributed by atoms with van der Waals surface area (Å²) in [4.78, 5) is 0. The lowest BCUT2D eigenvalue weighted by Crippen LogP contribution is -2.11. The normalized spacial score (nSPS) is 11.7. The highest BCUT2D eigenvalue weighted by Crippen LogP contribution is 2.32. The van der Waals surface area contributed by atoms with Crippen LogP contribution in [0.5, 0.6) is 0 Å². The molecule has 12 heavy (non-hydrogen) atoms. The summed E-state index contributed by atoms with van der Waals surface area (Å²) in [5.74, 6) is -0.234. The van der Waals surface area contributed by atoms with Crippen molar-refractivity contribution in [1.82, 2.24) is 10.2 Å². The molecule has 0 amide bonds. The van der Waals surface area contributed by atoms with Crippen molar-refractivity contribution in [3.8, 4) is 0 Å². The molecule has 1 rings (SSSR count). The predicted octanol–water partition coefficient (Wildman–Crippen LogP) is 1.68. The van der Waals surface area contributed by atoms with E-state index in [1.54, 1.807) is 0 Å². The predicted molar refractivity (Wildman–Crippen MR) is 44.2 cm³/mol. The van der Waals surface area contributed by atoms with Gasteiger partial charge in [-0.2, -0.15) is 13.2 Å². The van der Waals surface area contributed by atoms with Crippen LogP contribution in [0.2, 0.25) is 0 Å². The lowest BCUT2D eigenvalue weighted by Gasteiger charge is -2.07. The summed E-state index contributed by atoms with van der Waals surface area (Å²) < 4.78 is 36.1. The molecule has 0 atom stereocenters. The van der Waals surface area contributed by atoms with Crippen LogP contribution in [-0.2, 0) is 6.18 Å². The number of aromatic nitrogens is 2. The zero-order valence-corrected chi connectivity index (χ0v) is 7.72. The molecule has 0 aliphatic carbocycles. The average Bonchev–Trinajstić information content (AvgIpc) is 1.92. The van der Waals surface area contributed by atoms with Crippen molar-refractivity contribution in [3.63, 3.8) is 0 Å². The highest BCUT2D eigenvalue weighted by Gasteiger charge is 2.34. The summed E-state index contributed by atoms with van der Waals surface area (Å²) in [5, 5.41) is 6.51. The van der Waals surface area contributed by atoms with Crippen molar-refractivity contribution in [2.45, 2.75) is 6.18 Å². The summed E-state index contributed by atoms with van der Waals surface area (Å²) >= 11 is 1.45. The number of nitrogen functional groups attached to an aromatic ring is 1. The first-order chi connectivity index (χ1) is 5.41. The SMILES string of the molecule is Nc1cc(C(F)(F)F)c(I)nn1. The van der Waals surface area contributed by atoms with Gasteiger partial charge in [-0.3, -0.25) is 0 Å². The molecule has 0 unspecified atom stereocenters. The van der Waals surface area contributed by atoms with E-state index in [0.717, 1.165) is 6.07 Å². The Bertz CT molecular complexity index is 298. The minimum Gasteiger partial charge on any atom is -0.382 e. The number of rotatable bonds is 0. The van der Waals surface area contributed by atoms with E-state index in [2.05, 4.69) is 10.2 Å². The number of halogens is 4. The molecule has 0 spiro atoms. The summed E-state index contributed by atoms with van der Waals surface area (Å²) in [5.41, 5.74) is 4.20. The van der Waals surface area contributed by atoms with E-state index in [1.807, 2.05) is 0 Å². The van der Waals surface area contributed by atoms with Crippen LogP contribution in [0.1, 0.15) is 5.56 Å². The van der Waals surface area contributed by atoms with Gasteiger partial charge in [-0.15, -0.1) is 10.2 Å². The second kappa shape index (κ2) is 3.04. The molecule has 0 saturated heterocycles. The number of alkyl halides is 3. The molecular weight excluding hydrogens is 286 g/mol. The molecule has 1 aromatic heterocycles. The number of hydrogen-bond acceptors (Lipinski definition) is 3. The molecule has 0 aliphatic rings. The zero-order chi connectivity index (χ0) is 9.35. The van der Waals surface area contributed by atoms with Gasteiger partial charge in [0.05, 0.1) is 5.56 Å². The standard InChI is InChI=1S/C5H3F3IN3/c6-5(7,8)2-1-3(10)11-12-4(2)9/h1H,(H2,10,11). The van der Waals surface area contributed by atoms with Gasteiger partial charge in [0.25, 0.3) is 0 Å². The molecule has 7 heteroatoms. The molecule has 2 N–H and O–H groups in total. The largest absolute Gasteiger partial charge is 0.419 e. The third kappa shape index (κ3) is 1.96. The van der Waals surface area contributed by atoms with Gasteiger partial charge >= 0.3 is 6.18 Å². The number of hydrogen-bond donors (Lipinski definition) is 1. The van der Waals surface area contributed by atoms with Crippen molar-refractivity contribution < 1.29 is 13.2 Å². The van der Waals surface area contributed by atoms with Crippen LogP contribution in [-0.4, -0.2) is 10.2 Å². The highest BCUT2D eigenvalue weighted by molar-refractivity contribution is 14.1. The summed E-state index contributed by atoms with van der Waals surface area (Å²) in [6.45, 7) is 0. The van der Waals surface area contributed by atoms with Crippen LogP contribution in [0.25, 0.3) is 0 Å². The van der Waals surface area contributed by atoms with Gasteiger partial charge in [0.1, 0.15) is 9.52 Å². The molecule has 1 aromatic rings. The summed E-state index contributed by atoms with van der Waals surface area (Å²) in [6, 6.07) is 0.759. The van der Waals surface area contributed by atoms with Crippen molar-refractivity contribution in [2.24, 2.45) is 0 Å². The number of nitrogens with zero attached hydrogens (tertiary/aromatic N) is 2. The quantitative estimate of drug-likeness (QED) is 0.739. The molecular formula is C5H3F3IN3. The molecule has 0 saturated carbocycles. The Kier molecular flexibility index (Phi) is 2.40. The molecule has 0 radical (unpaired) electrons. The molecule has 0 bridgehead atoms. The van der Waals surface area contributed by atoms with Crippen molar-refractivity contribution in [2.75, 3.05) is 5.73 Å². The van der Waals surface area contributed by atoms with Crippen LogP contribution >= 0.6 is 22.6 Å². The third-order valence-corrected chi connectivity index (χ3v) is 1.87. The summed E-state index contributed by atoms with van der Waals surface area (Å²) in [7, 11) is 0. The van der Waals surface area contributed by atoms with E-state index in [4.69, 9.17) is 5.73 Å². The Morgan fingerprint density at radius 2 is 1.92 bits per heavy atom. The van der Waals surface area contributed by atoms with Crippen molar-refractivity contribution in [1.29, 1.82) is 0 Å². The minimum absolute atomic E-state index is 0.200. The number of nitrogens with two attached hydrogens (primary N) is 1. The van der Waals surface area contributed by atoms with E-state index in [0.29, 0.717) is 0 Å². The van der Waals surface area contributed by atoms with Crippen LogP contribution in [0.3, 0.4) is 0 Å². The van der Waals surface area contributed by atoms with E-state index < -0.39 is 11.7 Å². The zero-order valence-electron chi connectivity index (χ0n) is 5.56. The first-order valence-electron chi connectivity index (χ1n) is 2.77. The van der Waals surface area contributed by atoms with Crippen LogP contribution < -0.4 is 5.73 Å². The minimum atomic E-state index is -4.42. The summed E-state index contributed by atoms with van der Waals surface area (Å²) in [6.07, 6.45) is -4.42. The van der Waals surface area contributed by atoms with Gasteiger partial charge in [-0.05, 0) is 28.7 Å². The van der Waals surface area contributed by atoms with Crippen LogP contribution in [0.15, 0.2) is 6.07 Å². The van der Waals surface area contributed by atoms with Crippen LogP contribution in [0, 0.1) is 3.70 Å². The third-order valence-electron chi connectivity index (χ3n) is 1.07. The molecule has 3 nitrogen and oxygen atoms in total. The Morgan fingerprint density at radius 3 is 2.33 bits per heavy atom. The fourth-order valence-electron chi connectivity index (χ4n) is 0.591. The Labute approximate surface area is 79.3 Å². The molecule has 1 heterocycles. The maximum atomic E-state index is 12.1. The van der Waals surface area contributed by atoms with Gasteiger partial charge in [-0.25, -0.2) is 0 Å². The lowest BCUT2D eigenvalue weighted by molar-refractivity contribution is -0.138. The van der Waals surface area contributed by atoms with E-state index in [1.165, 1.54) is 22.6 Å². The fraction of sp³-hybridized carbons (Fsp3) is 0.200. The second-order valence-electron chi connectivity index (χ2n) is 1.97. The van der Waals surface area contributed by atoms with E-state index in [9.17, 15) is 13.2 Å². The van der Waals surface area contributed by atoms with Crippen molar-refractivity contribution >= 4 is 28.4 Å². The van der Waals surface area contributed by atoms with Gasteiger partial charge in [-0.1, -0.05) is 0 Å². The smallest absolute Gasteiger partial charge is 0.382 e. The maximum Gasteiger partial charge on any atom is 0.419 e. The average molecular weight is 289 g/mol. The highest BCUT2D eigenvalue weighted by atomic mass is 127. The topological polar surface area (TPSA) is 51.8 Å². The molecule has 0 aromatic carbocycles. The molecule has 0 aliphatic heterocycles. The molecule has 66 valence electrons. The van der Waals surface area contributed by atoms with Crippen LogP contribution in [0.4, 0.5) is 19.0 Å². The first kappa shape index (κ1) is 9.49. The van der Waals surface area contributed by atoms with Gasteiger partial charge < -0.3 is 5.73 Å². The van der Waals surface area contributed by atoms with E-state index >= 15 is 0 Å². The van der Waals surface area contributed by atoms with Gasteiger partial charge in [0.2, 0.25) is 0 Å². The second-order valence-corrected chi connectivity index (χ2v) is 2.99. The lowest BCUT2D eigenvalue weighted by atomic mass is 10.3. The van der Waals surface area contributed by atoms with E-state index in [-0.39, 0.29) is 9.52 Å².